The molecule has 4 rings (SSSR count). The Morgan fingerprint density at radius 2 is 1.54 bits per heavy atom. The molecular formula is C22H23NO5. The molecule has 3 aliphatic rings. The van der Waals surface area contributed by atoms with Crippen molar-refractivity contribution < 1.29 is 23.9 Å². The number of hydrogen-bond donors (Lipinski definition) is 0. The van der Waals surface area contributed by atoms with E-state index in [0.29, 0.717) is 5.69 Å². The molecule has 2 fully saturated rings. The van der Waals surface area contributed by atoms with Crippen LogP contribution in [0, 0.1) is 29.1 Å². The van der Waals surface area contributed by atoms with Crippen molar-refractivity contribution in [3.63, 3.8) is 0 Å². The van der Waals surface area contributed by atoms with Crippen molar-refractivity contribution in [2.24, 2.45) is 29.1 Å². The molecule has 2 aliphatic carbocycles. The van der Waals surface area contributed by atoms with Gasteiger partial charge in [-0.15, -0.1) is 0 Å². The molecule has 6 heteroatoms. The predicted octanol–water partition coefficient (Wildman–Crippen LogP) is 2.77. The normalized spacial score (nSPS) is 28.0. The van der Waals surface area contributed by atoms with E-state index in [9.17, 15) is 19.2 Å². The molecular weight excluding hydrogens is 358 g/mol. The molecule has 4 atom stereocenters. The van der Waals surface area contributed by atoms with Gasteiger partial charge in [0.2, 0.25) is 11.8 Å². The maximum Gasteiger partial charge on any atom is 0.338 e. The number of benzene rings is 1. The molecule has 0 unspecified atom stereocenters. The molecule has 0 N–H and O–H groups in total. The van der Waals surface area contributed by atoms with E-state index in [-0.39, 0.29) is 53.4 Å². The van der Waals surface area contributed by atoms with E-state index in [4.69, 9.17) is 4.74 Å². The molecule has 1 saturated carbocycles. The van der Waals surface area contributed by atoms with Gasteiger partial charge in [0.05, 0.1) is 23.1 Å². The monoisotopic (exact) mass is 381 g/mol. The summed E-state index contributed by atoms with van der Waals surface area (Å²) in [5, 5.41) is 0. The van der Waals surface area contributed by atoms with Gasteiger partial charge in [0.15, 0.2) is 12.4 Å². The Kier molecular flexibility index (Phi) is 4.25. The van der Waals surface area contributed by atoms with Gasteiger partial charge in [-0.25, -0.2) is 4.79 Å². The number of anilines is 1. The van der Waals surface area contributed by atoms with Gasteiger partial charge in [0, 0.05) is 5.41 Å². The van der Waals surface area contributed by atoms with E-state index in [1.807, 2.05) is 0 Å². The Labute approximate surface area is 163 Å². The Morgan fingerprint density at radius 1 is 1.00 bits per heavy atom. The number of ether oxygens (including phenoxy) is 1. The second-order valence-corrected chi connectivity index (χ2v) is 8.81. The van der Waals surface area contributed by atoms with Crippen LogP contribution >= 0.6 is 0 Å². The SMILES string of the molecule is CC(C)(C)C(=O)COC(=O)c1ccc(N2C(=O)[C@H]3[C@H](C2=O)[C@H]2C=C[C@H]3C2)cc1. The molecule has 0 spiro atoms. The van der Waals surface area contributed by atoms with Gasteiger partial charge >= 0.3 is 5.97 Å². The summed E-state index contributed by atoms with van der Waals surface area (Å²) in [4.78, 5) is 50.9. The molecule has 0 radical (unpaired) electrons. The molecule has 1 heterocycles. The molecule has 6 nitrogen and oxygen atoms in total. The fourth-order valence-corrected chi connectivity index (χ4v) is 4.33. The Morgan fingerprint density at radius 3 is 2.04 bits per heavy atom. The summed E-state index contributed by atoms with van der Waals surface area (Å²) in [7, 11) is 0. The van der Waals surface area contributed by atoms with E-state index in [1.165, 1.54) is 17.0 Å². The summed E-state index contributed by atoms with van der Waals surface area (Å²) in [6.07, 6.45) is 5.00. The number of rotatable bonds is 4. The highest BCUT2D eigenvalue weighted by Gasteiger charge is 2.59. The summed E-state index contributed by atoms with van der Waals surface area (Å²) in [5.41, 5.74) is 0.157. The summed E-state index contributed by atoms with van der Waals surface area (Å²) in [6.45, 7) is 5.00. The zero-order valence-corrected chi connectivity index (χ0v) is 16.2. The van der Waals surface area contributed by atoms with Crippen LogP contribution in [0.25, 0.3) is 0 Å². The number of ketones is 1. The lowest BCUT2D eigenvalue weighted by Crippen LogP contribution is -2.32. The molecule has 28 heavy (non-hydrogen) atoms. The Bertz CT molecular complexity index is 862. The largest absolute Gasteiger partial charge is 0.454 e. The van der Waals surface area contributed by atoms with Crippen molar-refractivity contribution in [3.05, 3.63) is 42.0 Å². The second kappa shape index (κ2) is 6.40. The van der Waals surface area contributed by atoms with Gasteiger partial charge in [-0.3, -0.25) is 19.3 Å². The van der Waals surface area contributed by atoms with Crippen LogP contribution in [0.1, 0.15) is 37.6 Å². The second-order valence-electron chi connectivity index (χ2n) is 8.81. The Balaban J connectivity index is 1.45. The molecule has 1 aliphatic heterocycles. The van der Waals surface area contributed by atoms with Gasteiger partial charge in [0.1, 0.15) is 0 Å². The average Bonchev–Trinajstić information content (AvgIpc) is 3.32. The topological polar surface area (TPSA) is 80.8 Å². The zero-order valence-electron chi connectivity index (χ0n) is 16.2. The van der Waals surface area contributed by atoms with Crippen LogP contribution in [0.5, 0.6) is 0 Å². The first-order chi connectivity index (χ1) is 13.2. The molecule has 146 valence electrons. The minimum Gasteiger partial charge on any atom is -0.454 e. The molecule has 2 amide bonds. The molecule has 1 aromatic carbocycles. The first-order valence-corrected chi connectivity index (χ1v) is 9.55. The van der Waals surface area contributed by atoms with Crippen LogP contribution < -0.4 is 4.90 Å². The van der Waals surface area contributed by atoms with Crippen molar-refractivity contribution in [3.8, 4) is 0 Å². The minimum atomic E-state index is -0.609. The third kappa shape index (κ3) is 2.87. The van der Waals surface area contributed by atoms with Gasteiger partial charge in [-0.05, 0) is 42.5 Å². The van der Waals surface area contributed by atoms with E-state index in [1.54, 1.807) is 32.9 Å². The highest BCUT2D eigenvalue weighted by atomic mass is 16.5. The fraction of sp³-hybridized carbons (Fsp3) is 0.455. The third-order valence-corrected chi connectivity index (χ3v) is 6.00. The predicted molar refractivity (Wildman–Crippen MR) is 101 cm³/mol. The number of fused-ring (bicyclic) bond motifs is 5. The number of carbonyl (C=O) groups is 4. The van der Waals surface area contributed by atoms with E-state index in [0.717, 1.165) is 6.42 Å². The molecule has 0 aromatic heterocycles. The number of hydrogen-bond acceptors (Lipinski definition) is 5. The van der Waals surface area contributed by atoms with Crippen LogP contribution in [0.15, 0.2) is 36.4 Å². The van der Waals surface area contributed by atoms with Crippen molar-refractivity contribution in [1.29, 1.82) is 0 Å². The number of allylic oxidation sites excluding steroid dienone is 2. The van der Waals surface area contributed by atoms with Crippen molar-refractivity contribution >= 4 is 29.3 Å². The van der Waals surface area contributed by atoms with E-state index < -0.39 is 11.4 Å². The van der Waals surface area contributed by atoms with Crippen LogP contribution in [0.3, 0.4) is 0 Å². The lowest BCUT2D eigenvalue weighted by atomic mass is 9.85. The van der Waals surface area contributed by atoms with Crippen LogP contribution in [-0.4, -0.2) is 30.2 Å². The summed E-state index contributed by atoms with van der Waals surface area (Å²) in [6, 6.07) is 6.18. The average molecular weight is 381 g/mol. The van der Waals surface area contributed by atoms with Crippen LogP contribution in [-0.2, 0) is 19.1 Å². The van der Waals surface area contributed by atoms with E-state index >= 15 is 0 Å². The number of nitrogens with zero attached hydrogens (tertiary/aromatic N) is 1. The number of amides is 2. The third-order valence-electron chi connectivity index (χ3n) is 6.00. The first-order valence-electron chi connectivity index (χ1n) is 9.55. The quantitative estimate of drug-likeness (QED) is 0.455. The van der Waals surface area contributed by atoms with Crippen molar-refractivity contribution in [2.45, 2.75) is 27.2 Å². The fourth-order valence-electron chi connectivity index (χ4n) is 4.33. The summed E-state index contributed by atoms with van der Waals surface area (Å²) >= 11 is 0. The number of imide groups is 1. The van der Waals surface area contributed by atoms with E-state index in [2.05, 4.69) is 12.2 Å². The van der Waals surface area contributed by atoms with Gasteiger partial charge < -0.3 is 4.74 Å². The highest BCUT2D eigenvalue weighted by Crippen LogP contribution is 2.53. The maximum atomic E-state index is 12.8. The number of esters is 1. The number of carbonyl (C=O) groups excluding carboxylic acids is 4. The Hall–Kier alpha value is -2.76. The molecule has 2 bridgehead atoms. The summed E-state index contributed by atoms with van der Waals surface area (Å²) in [5.74, 6) is -1.28. The summed E-state index contributed by atoms with van der Waals surface area (Å²) < 4.78 is 5.08. The highest BCUT2D eigenvalue weighted by molar-refractivity contribution is 6.22. The van der Waals surface area contributed by atoms with Crippen LogP contribution in [0.4, 0.5) is 5.69 Å². The van der Waals surface area contributed by atoms with Crippen molar-refractivity contribution in [2.75, 3.05) is 11.5 Å². The smallest absolute Gasteiger partial charge is 0.338 e. The standard InChI is InChI=1S/C22H23NO5/c1-22(2,3)16(24)11-28-21(27)12-6-8-15(9-7-12)23-19(25)17-13-4-5-14(10-13)18(17)20(23)26/h4-9,13-14,17-18H,10-11H2,1-3H3/t13-,14-,17+,18+/m0/s1. The number of Topliss-reactive ketones (excluding diaryl/α,β-unsaturated/α-hetero) is 1. The molecule has 1 saturated heterocycles. The lowest BCUT2D eigenvalue weighted by Gasteiger charge is -2.18. The lowest BCUT2D eigenvalue weighted by molar-refractivity contribution is -0.129. The van der Waals surface area contributed by atoms with Crippen molar-refractivity contribution in [1.82, 2.24) is 0 Å². The van der Waals surface area contributed by atoms with Crippen LogP contribution in [0.2, 0.25) is 0 Å². The van der Waals surface area contributed by atoms with Gasteiger partial charge in [-0.1, -0.05) is 32.9 Å². The van der Waals surface area contributed by atoms with Gasteiger partial charge in [-0.2, -0.15) is 0 Å². The van der Waals surface area contributed by atoms with Gasteiger partial charge in [0.25, 0.3) is 0 Å². The minimum absolute atomic E-state index is 0.155. The maximum absolute atomic E-state index is 12.8. The molecule has 1 aromatic rings. The zero-order chi connectivity index (χ0) is 20.2. The first kappa shape index (κ1) is 18.6.